The fourth-order valence-corrected chi connectivity index (χ4v) is 2.32. The number of anilines is 2. The van der Waals surface area contributed by atoms with E-state index in [4.69, 9.17) is 5.73 Å². The minimum Gasteiger partial charge on any atom is -0.398 e. The smallest absolute Gasteiger partial charge is 0.257 e. The van der Waals surface area contributed by atoms with Crippen LogP contribution in [0.1, 0.15) is 42.3 Å². The van der Waals surface area contributed by atoms with Gasteiger partial charge in [0.05, 0.1) is 5.56 Å². The summed E-state index contributed by atoms with van der Waals surface area (Å²) in [6, 6.07) is 13.3. The first-order valence-electron chi connectivity index (χ1n) is 7.06. The largest absolute Gasteiger partial charge is 0.398 e. The first kappa shape index (κ1) is 15.1. The second kappa shape index (κ2) is 5.60. The lowest BCUT2D eigenvalue weighted by molar-refractivity contribution is 0.102. The molecule has 0 atom stereocenters. The Morgan fingerprint density at radius 1 is 1.10 bits per heavy atom. The zero-order valence-corrected chi connectivity index (χ0v) is 13.0. The summed E-state index contributed by atoms with van der Waals surface area (Å²) in [7, 11) is 0. The number of hydrogen-bond donors (Lipinski definition) is 2. The number of hydrogen-bond acceptors (Lipinski definition) is 2. The molecule has 0 spiro atoms. The maximum atomic E-state index is 12.4. The molecule has 3 nitrogen and oxygen atoms in total. The Balaban J connectivity index is 2.32. The van der Waals surface area contributed by atoms with E-state index >= 15 is 0 Å². The third kappa shape index (κ3) is 3.43. The minimum atomic E-state index is -0.177. The van der Waals surface area contributed by atoms with Gasteiger partial charge in [-0.15, -0.1) is 0 Å². The highest BCUT2D eigenvalue weighted by atomic mass is 16.1. The van der Waals surface area contributed by atoms with Crippen molar-refractivity contribution in [3.63, 3.8) is 0 Å². The predicted octanol–water partition coefficient (Wildman–Crippen LogP) is 4.13. The molecule has 1 amide bonds. The van der Waals surface area contributed by atoms with Crippen molar-refractivity contribution >= 4 is 17.3 Å². The summed E-state index contributed by atoms with van der Waals surface area (Å²) in [5, 5.41) is 2.97. The number of rotatable bonds is 2. The molecule has 0 aromatic heterocycles. The van der Waals surface area contributed by atoms with Crippen molar-refractivity contribution in [1.29, 1.82) is 0 Å². The van der Waals surface area contributed by atoms with Crippen LogP contribution in [0.15, 0.2) is 42.5 Å². The van der Waals surface area contributed by atoms with Gasteiger partial charge in [-0.3, -0.25) is 4.79 Å². The maximum Gasteiger partial charge on any atom is 0.257 e. The van der Waals surface area contributed by atoms with E-state index in [2.05, 4.69) is 26.1 Å². The third-order valence-corrected chi connectivity index (χ3v) is 3.43. The van der Waals surface area contributed by atoms with Gasteiger partial charge >= 0.3 is 0 Å². The first-order chi connectivity index (χ1) is 9.79. The number of aryl methyl sites for hydroxylation is 1. The van der Waals surface area contributed by atoms with Gasteiger partial charge in [0.1, 0.15) is 0 Å². The third-order valence-electron chi connectivity index (χ3n) is 3.43. The Kier molecular flexibility index (Phi) is 4.03. The molecule has 0 saturated heterocycles. The highest BCUT2D eigenvalue weighted by Gasteiger charge is 2.19. The van der Waals surface area contributed by atoms with E-state index in [9.17, 15) is 4.79 Å². The second-order valence-corrected chi connectivity index (χ2v) is 6.34. The molecule has 0 radical (unpaired) electrons. The minimum absolute atomic E-state index is 0.0390. The van der Waals surface area contributed by atoms with Crippen LogP contribution in [0.4, 0.5) is 11.4 Å². The molecule has 0 aliphatic carbocycles. The first-order valence-corrected chi connectivity index (χ1v) is 7.06. The molecule has 0 saturated carbocycles. The van der Waals surface area contributed by atoms with Gasteiger partial charge in [-0.1, -0.05) is 45.0 Å². The van der Waals surface area contributed by atoms with Crippen LogP contribution in [0.3, 0.4) is 0 Å². The van der Waals surface area contributed by atoms with Crippen molar-refractivity contribution in [2.24, 2.45) is 0 Å². The van der Waals surface area contributed by atoms with Crippen molar-refractivity contribution < 1.29 is 4.79 Å². The number of carbonyl (C=O) groups excluding carboxylic acids is 1. The lowest BCUT2D eigenvalue weighted by Gasteiger charge is -2.23. The standard InChI is InChI=1S/C18H22N2O/c1-12-9-10-13(15(19)11-12)17(21)20-16-8-6-5-7-14(16)18(2,3)4/h5-11H,19H2,1-4H3,(H,20,21). The van der Waals surface area contributed by atoms with Crippen molar-refractivity contribution in [2.45, 2.75) is 33.1 Å². The van der Waals surface area contributed by atoms with E-state index in [0.29, 0.717) is 11.3 Å². The second-order valence-electron chi connectivity index (χ2n) is 6.34. The number of amides is 1. The monoisotopic (exact) mass is 282 g/mol. The summed E-state index contributed by atoms with van der Waals surface area (Å²) >= 11 is 0. The number of nitrogens with two attached hydrogens (primary N) is 1. The zero-order chi connectivity index (χ0) is 15.6. The molecule has 0 aliphatic rings. The molecule has 2 aromatic carbocycles. The Bertz CT molecular complexity index is 669. The number of para-hydroxylation sites is 1. The topological polar surface area (TPSA) is 55.1 Å². The van der Waals surface area contributed by atoms with Gasteiger partial charge in [-0.05, 0) is 41.7 Å². The van der Waals surface area contributed by atoms with E-state index in [1.807, 2.05) is 43.3 Å². The van der Waals surface area contributed by atoms with E-state index < -0.39 is 0 Å². The van der Waals surface area contributed by atoms with Crippen LogP contribution >= 0.6 is 0 Å². The number of benzene rings is 2. The predicted molar refractivity (Wildman–Crippen MR) is 88.7 cm³/mol. The van der Waals surface area contributed by atoms with Crippen molar-refractivity contribution in [2.75, 3.05) is 11.1 Å². The Morgan fingerprint density at radius 3 is 2.38 bits per heavy atom. The van der Waals surface area contributed by atoms with Crippen molar-refractivity contribution in [1.82, 2.24) is 0 Å². The highest BCUT2D eigenvalue weighted by Crippen LogP contribution is 2.29. The van der Waals surface area contributed by atoms with Crippen LogP contribution in [0.25, 0.3) is 0 Å². The summed E-state index contributed by atoms with van der Waals surface area (Å²) in [6.07, 6.45) is 0. The van der Waals surface area contributed by atoms with E-state index in [1.165, 1.54) is 0 Å². The average Bonchev–Trinajstić information content (AvgIpc) is 2.37. The van der Waals surface area contributed by atoms with Crippen LogP contribution in [-0.4, -0.2) is 5.91 Å². The SMILES string of the molecule is Cc1ccc(C(=O)Nc2ccccc2C(C)(C)C)c(N)c1. The molecular formula is C18H22N2O. The molecule has 0 unspecified atom stereocenters. The average molecular weight is 282 g/mol. The molecule has 3 heteroatoms. The summed E-state index contributed by atoms with van der Waals surface area (Å²) in [5.74, 6) is -0.177. The Hall–Kier alpha value is -2.29. The number of carbonyl (C=O) groups is 1. The number of nitrogens with one attached hydrogen (secondary N) is 1. The van der Waals surface area contributed by atoms with E-state index in [0.717, 1.165) is 16.8 Å². The molecule has 2 aromatic rings. The molecule has 2 rings (SSSR count). The molecule has 0 bridgehead atoms. The molecular weight excluding hydrogens is 260 g/mol. The van der Waals surface area contributed by atoms with Crippen LogP contribution in [-0.2, 0) is 5.41 Å². The molecule has 0 fully saturated rings. The summed E-state index contributed by atoms with van der Waals surface area (Å²) < 4.78 is 0. The normalized spacial score (nSPS) is 11.2. The van der Waals surface area contributed by atoms with Crippen LogP contribution in [0, 0.1) is 6.92 Å². The molecule has 0 aliphatic heterocycles. The summed E-state index contributed by atoms with van der Waals surface area (Å²) in [6.45, 7) is 8.32. The lowest BCUT2D eigenvalue weighted by atomic mass is 9.86. The summed E-state index contributed by atoms with van der Waals surface area (Å²) in [4.78, 5) is 12.4. The fourth-order valence-electron chi connectivity index (χ4n) is 2.32. The Morgan fingerprint density at radius 2 is 1.76 bits per heavy atom. The Labute approximate surface area is 126 Å². The van der Waals surface area contributed by atoms with Gasteiger partial charge in [-0.25, -0.2) is 0 Å². The number of nitrogen functional groups attached to an aromatic ring is 1. The quantitative estimate of drug-likeness (QED) is 0.814. The molecule has 110 valence electrons. The summed E-state index contributed by atoms with van der Waals surface area (Å²) in [5.41, 5.74) is 9.88. The van der Waals surface area contributed by atoms with Crippen LogP contribution < -0.4 is 11.1 Å². The van der Waals surface area contributed by atoms with E-state index in [1.54, 1.807) is 6.07 Å². The molecule has 0 heterocycles. The zero-order valence-electron chi connectivity index (χ0n) is 13.0. The van der Waals surface area contributed by atoms with Crippen molar-refractivity contribution in [3.05, 3.63) is 59.2 Å². The maximum absolute atomic E-state index is 12.4. The lowest BCUT2D eigenvalue weighted by Crippen LogP contribution is -2.19. The van der Waals surface area contributed by atoms with Gasteiger partial charge in [0.25, 0.3) is 5.91 Å². The molecule has 21 heavy (non-hydrogen) atoms. The van der Waals surface area contributed by atoms with Gasteiger partial charge in [0.15, 0.2) is 0 Å². The van der Waals surface area contributed by atoms with Crippen molar-refractivity contribution in [3.8, 4) is 0 Å². The van der Waals surface area contributed by atoms with Gasteiger partial charge in [0, 0.05) is 11.4 Å². The van der Waals surface area contributed by atoms with Crippen LogP contribution in [0.2, 0.25) is 0 Å². The fraction of sp³-hybridized carbons (Fsp3) is 0.278. The van der Waals surface area contributed by atoms with Gasteiger partial charge < -0.3 is 11.1 Å². The molecule has 3 N–H and O–H groups in total. The highest BCUT2D eigenvalue weighted by molar-refractivity contribution is 6.08. The van der Waals surface area contributed by atoms with Crippen LogP contribution in [0.5, 0.6) is 0 Å². The van der Waals surface area contributed by atoms with Gasteiger partial charge in [-0.2, -0.15) is 0 Å². The van der Waals surface area contributed by atoms with Gasteiger partial charge in [0.2, 0.25) is 0 Å². The van der Waals surface area contributed by atoms with E-state index in [-0.39, 0.29) is 11.3 Å².